The molecule has 1 aliphatic rings. The van der Waals surface area contributed by atoms with Gasteiger partial charge in [0.05, 0.1) is 17.7 Å². The molecule has 0 aliphatic carbocycles. The normalized spacial score (nSPS) is 16.3. The zero-order valence-electron chi connectivity index (χ0n) is 18.7. The zero-order valence-corrected chi connectivity index (χ0v) is 21.0. The Kier molecular flexibility index (Phi) is 8.42. The van der Waals surface area contributed by atoms with Crippen LogP contribution in [0.3, 0.4) is 0 Å². The van der Waals surface area contributed by atoms with Crippen LogP contribution in [0.5, 0.6) is 0 Å². The number of ether oxygens (including phenoxy) is 1. The minimum atomic E-state index is -3.71. The summed E-state index contributed by atoms with van der Waals surface area (Å²) in [4.78, 5) is 2.15. The molecule has 5 nitrogen and oxygen atoms in total. The molecule has 3 aromatic rings. The van der Waals surface area contributed by atoms with E-state index in [0.717, 1.165) is 5.56 Å². The molecule has 0 radical (unpaired) electrons. The van der Waals surface area contributed by atoms with Crippen LogP contribution in [-0.4, -0.2) is 50.3 Å². The van der Waals surface area contributed by atoms with Crippen LogP contribution in [0.25, 0.3) is 0 Å². The van der Waals surface area contributed by atoms with Crippen LogP contribution in [0.1, 0.15) is 17.2 Å². The van der Waals surface area contributed by atoms with Crippen LogP contribution in [-0.2, 0) is 21.4 Å². The van der Waals surface area contributed by atoms with Crippen LogP contribution in [0.15, 0.2) is 71.6 Å². The van der Waals surface area contributed by atoms with E-state index in [1.165, 1.54) is 28.6 Å². The number of halogens is 4. The molecule has 186 valence electrons. The lowest BCUT2D eigenvalue weighted by molar-refractivity contribution is 0.00547. The highest BCUT2D eigenvalue weighted by Crippen LogP contribution is 2.27. The van der Waals surface area contributed by atoms with Gasteiger partial charge in [-0.3, -0.25) is 4.90 Å². The number of benzene rings is 3. The average Bonchev–Trinajstić information content (AvgIpc) is 2.84. The van der Waals surface area contributed by atoms with Crippen LogP contribution in [0, 0.1) is 11.6 Å². The van der Waals surface area contributed by atoms with Gasteiger partial charge in [-0.15, -0.1) is 0 Å². The molecule has 10 heteroatoms. The summed E-state index contributed by atoms with van der Waals surface area (Å²) in [5.41, 5.74) is 0.666. The van der Waals surface area contributed by atoms with Crippen LogP contribution in [0.4, 0.5) is 8.78 Å². The van der Waals surface area contributed by atoms with E-state index in [4.69, 9.17) is 27.9 Å². The molecular weight excluding hydrogens is 517 g/mol. The summed E-state index contributed by atoms with van der Waals surface area (Å²) in [5, 5.41) is 0.748. The molecule has 1 aliphatic heterocycles. The van der Waals surface area contributed by atoms with Crippen molar-refractivity contribution in [1.82, 2.24) is 9.21 Å². The molecule has 35 heavy (non-hydrogen) atoms. The van der Waals surface area contributed by atoms with Gasteiger partial charge in [-0.1, -0.05) is 53.5 Å². The highest BCUT2D eigenvalue weighted by molar-refractivity contribution is 7.89. The first-order chi connectivity index (χ1) is 16.8. The Morgan fingerprint density at radius 3 is 2.11 bits per heavy atom. The zero-order chi connectivity index (χ0) is 25.0. The van der Waals surface area contributed by atoms with Crippen molar-refractivity contribution in [3.05, 3.63) is 99.5 Å². The monoisotopic (exact) mass is 540 g/mol. The molecule has 3 aromatic carbocycles. The number of sulfonamides is 1. The third-order valence-corrected chi connectivity index (χ3v) is 8.59. The molecular formula is C25H24Cl2F2N2O3S. The number of piperazine rings is 1. The molecule has 1 unspecified atom stereocenters. The molecule has 0 bridgehead atoms. The Morgan fingerprint density at radius 1 is 0.857 bits per heavy atom. The summed E-state index contributed by atoms with van der Waals surface area (Å²) in [7, 11) is -3.71. The van der Waals surface area contributed by atoms with Crippen molar-refractivity contribution in [2.45, 2.75) is 17.6 Å². The maximum atomic E-state index is 14.1. The summed E-state index contributed by atoms with van der Waals surface area (Å²) in [6.45, 7) is 1.66. The van der Waals surface area contributed by atoms with Gasteiger partial charge in [0.15, 0.2) is 0 Å². The fourth-order valence-corrected chi connectivity index (χ4v) is 6.01. The Labute approximate surface area is 213 Å². The lowest BCUT2D eigenvalue weighted by Crippen LogP contribution is -2.49. The lowest BCUT2D eigenvalue weighted by Gasteiger charge is -2.36. The molecule has 0 aromatic heterocycles. The predicted octanol–water partition coefficient (Wildman–Crippen LogP) is 5.54. The van der Waals surface area contributed by atoms with E-state index in [0.29, 0.717) is 24.7 Å². The molecule has 0 saturated carbocycles. The molecule has 1 saturated heterocycles. The fourth-order valence-electron chi connectivity index (χ4n) is 3.97. The minimum absolute atomic E-state index is 0.0874. The van der Waals surface area contributed by atoms with Crippen molar-refractivity contribution in [2.75, 3.05) is 32.7 Å². The van der Waals surface area contributed by atoms with E-state index in [1.54, 1.807) is 30.3 Å². The van der Waals surface area contributed by atoms with Gasteiger partial charge in [-0.2, -0.15) is 4.31 Å². The Morgan fingerprint density at radius 2 is 1.49 bits per heavy atom. The number of hydrogen-bond donors (Lipinski definition) is 0. The van der Waals surface area contributed by atoms with Gasteiger partial charge in [-0.05, 0) is 42.0 Å². The highest BCUT2D eigenvalue weighted by Gasteiger charge is 2.31. The van der Waals surface area contributed by atoms with E-state index in [1.807, 2.05) is 12.1 Å². The summed E-state index contributed by atoms with van der Waals surface area (Å²) < 4.78 is 61.7. The number of hydrogen-bond acceptors (Lipinski definition) is 4. The standard InChI is InChI=1S/C25H24Cl2F2N2O3S/c26-19-10-8-18(9-11-19)24(34-17-20-22(28)5-3-6-23(20)29)16-30-12-14-31(15-13-30)35(32,33)25-7-2-1-4-21(25)27/h1-11,24H,12-17H2. The second-order valence-electron chi connectivity index (χ2n) is 8.19. The smallest absolute Gasteiger partial charge is 0.244 e. The van der Waals surface area contributed by atoms with E-state index in [2.05, 4.69) is 4.90 Å². The molecule has 1 atom stereocenters. The van der Waals surface area contributed by atoms with Crippen molar-refractivity contribution < 1.29 is 21.9 Å². The predicted molar refractivity (Wildman–Crippen MR) is 132 cm³/mol. The average molecular weight is 541 g/mol. The fraction of sp³-hybridized carbons (Fsp3) is 0.280. The van der Waals surface area contributed by atoms with Crippen LogP contribution >= 0.6 is 23.2 Å². The Hall–Kier alpha value is -2.07. The van der Waals surface area contributed by atoms with Crippen molar-refractivity contribution in [2.24, 2.45) is 0 Å². The highest BCUT2D eigenvalue weighted by atomic mass is 35.5. The largest absolute Gasteiger partial charge is 0.367 e. The quantitative estimate of drug-likeness (QED) is 0.376. The molecule has 1 fully saturated rings. The van der Waals surface area contributed by atoms with Gasteiger partial charge in [0.25, 0.3) is 0 Å². The third kappa shape index (κ3) is 6.20. The first-order valence-electron chi connectivity index (χ1n) is 11.0. The van der Waals surface area contributed by atoms with Crippen molar-refractivity contribution in [1.29, 1.82) is 0 Å². The topological polar surface area (TPSA) is 49.9 Å². The summed E-state index contributed by atoms with van der Waals surface area (Å²) in [6, 6.07) is 17.1. The van der Waals surface area contributed by atoms with Gasteiger partial charge in [0.2, 0.25) is 10.0 Å². The number of nitrogens with zero attached hydrogens (tertiary/aromatic N) is 2. The minimum Gasteiger partial charge on any atom is -0.367 e. The van der Waals surface area contributed by atoms with Gasteiger partial charge < -0.3 is 4.74 Å². The molecule has 0 N–H and O–H groups in total. The van der Waals surface area contributed by atoms with Gasteiger partial charge in [0, 0.05) is 43.3 Å². The maximum absolute atomic E-state index is 14.1. The Bertz CT molecular complexity index is 1250. The van der Waals surface area contributed by atoms with Crippen molar-refractivity contribution in [3.8, 4) is 0 Å². The van der Waals surface area contributed by atoms with Gasteiger partial charge in [0.1, 0.15) is 16.5 Å². The molecule has 1 heterocycles. The SMILES string of the molecule is O=S(=O)(c1ccccc1Cl)N1CCN(CC(OCc2c(F)cccc2F)c2ccc(Cl)cc2)CC1. The van der Waals surface area contributed by atoms with E-state index in [-0.39, 0.29) is 35.2 Å². The number of rotatable bonds is 8. The first-order valence-corrected chi connectivity index (χ1v) is 13.2. The van der Waals surface area contributed by atoms with E-state index < -0.39 is 27.8 Å². The molecule has 0 amide bonds. The van der Waals surface area contributed by atoms with E-state index in [9.17, 15) is 17.2 Å². The van der Waals surface area contributed by atoms with Gasteiger partial charge in [-0.25, -0.2) is 17.2 Å². The molecule has 0 spiro atoms. The third-order valence-electron chi connectivity index (χ3n) is 5.94. The van der Waals surface area contributed by atoms with Crippen LogP contribution in [0.2, 0.25) is 10.0 Å². The second-order valence-corrected chi connectivity index (χ2v) is 10.9. The molecule has 4 rings (SSSR count). The van der Waals surface area contributed by atoms with Crippen molar-refractivity contribution in [3.63, 3.8) is 0 Å². The Balaban J connectivity index is 1.45. The van der Waals surface area contributed by atoms with Gasteiger partial charge >= 0.3 is 0 Å². The van der Waals surface area contributed by atoms with Crippen molar-refractivity contribution >= 4 is 33.2 Å². The maximum Gasteiger partial charge on any atom is 0.244 e. The second kappa shape index (κ2) is 11.3. The first kappa shape index (κ1) is 26.0. The summed E-state index contributed by atoms with van der Waals surface area (Å²) >= 11 is 12.1. The lowest BCUT2D eigenvalue weighted by atomic mass is 10.1. The summed E-state index contributed by atoms with van der Waals surface area (Å²) in [5.74, 6) is -1.34. The summed E-state index contributed by atoms with van der Waals surface area (Å²) in [6.07, 6.45) is -0.502. The van der Waals surface area contributed by atoms with Crippen LogP contribution < -0.4 is 0 Å². The van der Waals surface area contributed by atoms with E-state index >= 15 is 0 Å².